The Bertz CT molecular complexity index is 785. The SMILES string of the molecule is Cn1ncc(NC2CCN(C(=O)c3ccncc3)CC2)c(Cl)c1=O. The van der Waals surface area contributed by atoms with E-state index in [4.69, 9.17) is 11.6 Å². The average molecular weight is 348 g/mol. The zero-order valence-electron chi connectivity index (χ0n) is 13.3. The number of hydrogen-bond acceptors (Lipinski definition) is 5. The van der Waals surface area contributed by atoms with Gasteiger partial charge in [0.25, 0.3) is 11.5 Å². The number of amides is 1. The Morgan fingerprint density at radius 3 is 2.62 bits per heavy atom. The Morgan fingerprint density at radius 1 is 1.29 bits per heavy atom. The number of nitrogens with one attached hydrogen (secondary N) is 1. The van der Waals surface area contributed by atoms with Gasteiger partial charge in [-0.15, -0.1) is 0 Å². The molecule has 2 aromatic heterocycles. The number of hydrogen-bond donors (Lipinski definition) is 1. The molecule has 0 radical (unpaired) electrons. The Hall–Kier alpha value is -2.41. The number of pyridine rings is 1. The van der Waals surface area contributed by atoms with Crippen LogP contribution in [-0.2, 0) is 7.05 Å². The molecule has 0 saturated carbocycles. The van der Waals surface area contributed by atoms with E-state index in [9.17, 15) is 9.59 Å². The molecule has 0 atom stereocenters. The predicted octanol–water partition coefficient (Wildman–Crippen LogP) is 1.55. The van der Waals surface area contributed by atoms with Crippen LogP contribution >= 0.6 is 11.6 Å². The third kappa shape index (κ3) is 3.41. The minimum absolute atomic E-state index is 0.0177. The second kappa shape index (κ2) is 7.00. The predicted molar refractivity (Wildman–Crippen MR) is 91.3 cm³/mol. The van der Waals surface area contributed by atoms with Crippen molar-refractivity contribution in [3.05, 3.63) is 51.7 Å². The summed E-state index contributed by atoms with van der Waals surface area (Å²) in [7, 11) is 1.56. The van der Waals surface area contributed by atoms with Crippen LogP contribution in [0.25, 0.3) is 0 Å². The molecule has 126 valence electrons. The Kier molecular flexibility index (Phi) is 4.80. The number of rotatable bonds is 3. The molecule has 1 amide bonds. The fraction of sp³-hybridized carbons (Fsp3) is 0.375. The van der Waals surface area contributed by atoms with E-state index in [1.165, 1.54) is 4.68 Å². The molecule has 0 aromatic carbocycles. The summed E-state index contributed by atoms with van der Waals surface area (Å²) in [5.41, 5.74) is 0.862. The molecule has 0 bridgehead atoms. The van der Waals surface area contributed by atoms with E-state index in [1.807, 2.05) is 4.90 Å². The summed E-state index contributed by atoms with van der Waals surface area (Å²) >= 11 is 6.07. The smallest absolute Gasteiger partial charge is 0.287 e. The first-order valence-electron chi connectivity index (χ1n) is 7.74. The van der Waals surface area contributed by atoms with Gasteiger partial charge in [-0.3, -0.25) is 14.6 Å². The van der Waals surface area contributed by atoms with Gasteiger partial charge in [0.15, 0.2) is 0 Å². The molecule has 2 aromatic rings. The van der Waals surface area contributed by atoms with Crippen molar-refractivity contribution >= 4 is 23.2 Å². The fourth-order valence-corrected chi connectivity index (χ4v) is 2.96. The third-order valence-corrected chi connectivity index (χ3v) is 4.51. The highest BCUT2D eigenvalue weighted by atomic mass is 35.5. The minimum Gasteiger partial charge on any atom is -0.380 e. The highest BCUT2D eigenvalue weighted by Gasteiger charge is 2.24. The molecule has 1 saturated heterocycles. The maximum Gasteiger partial charge on any atom is 0.287 e. The third-order valence-electron chi connectivity index (χ3n) is 4.15. The van der Waals surface area contributed by atoms with Crippen LogP contribution in [0.15, 0.2) is 35.5 Å². The molecule has 3 rings (SSSR count). The minimum atomic E-state index is -0.327. The summed E-state index contributed by atoms with van der Waals surface area (Å²) in [5.74, 6) is 0.0177. The highest BCUT2D eigenvalue weighted by molar-refractivity contribution is 6.32. The summed E-state index contributed by atoms with van der Waals surface area (Å²) in [6, 6.07) is 3.59. The maximum absolute atomic E-state index is 12.4. The normalized spacial score (nSPS) is 15.3. The topological polar surface area (TPSA) is 80.1 Å². The Labute approximate surface area is 144 Å². The van der Waals surface area contributed by atoms with Crippen LogP contribution < -0.4 is 10.9 Å². The first-order valence-corrected chi connectivity index (χ1v) is 8.11. The van der Waals surface area contributed by atoms with Gasteiger partial charge in [0.05, 0.1) is 11.9 Å². The largest absolute Gasteiger partial charge is 0.380 e. The van der Waals surface area contributed by atoms with Gasteiger partial charge in [-0.25, -0.2) is 4.68 Å². The molecule has 0 spiro atoms. The molecular formula is C16H18ClN5O2. The maximum atomic E-state index is 12.4. The van der Waals surface area contributed by atoms with E-state index in [2.05, 4.69) is 15.4 Å². The van der Waals surface area contributed by atoms with Crippen molar-refractivity contribution in [1.82, 2.24) is 19.7 Å². The molecule has 24 heavy (non-hydrogen) atoms. The number of aromatic nitrogens is 3. The number of anilines is 1. The molecule has 1 aliphatic heterocycles. The molecule has 0 unspecified atom stereocenters. The molecule has 3 heterocycles. The number of aryl methyl sites for hydroxylation is 1. The highest BCUT2D eigenvalue weighted by Crippen LogP contribution is 2.21. The molecule has 1 N–H and O–H groups in total. The number of nitrogens with zero attached hydrogens (tertiary/aromatic N) is 4. The summed E-state index contributed by atoms with van der Waals surface area (Å²) in [4.78, 5) is 30.0. The summed E-state index contributed by atoms with van der Waals surface area (Å²) in [5, 5.41) is 7.38. The lowest BCUT2D eigenvalue weighted by atomic mass is 10.0. The van der Waals surface area contributed by atoms with Crippen molar-refractivity contribution in [3.8, 4) is 0 Å². The summed E-state index contributed by atoms with van der Waals surface area (Å²) in [6.07, 6.45) is 6.35. The van der Waals surface area contributed by atoms with Gasteiger partial charge >= 0.3 is 0 Å². The van der Waals surface area contributed by atoms with Gasteiger partial charge in [-0.1, -0.05) is 11.6 Å². The molecule has 8 heteroatoms. The molecule has 7 nitrogen and oxygen atoms in total. The van der Waals surface area contributed by atoms with Crippen LogP contribution in [0.3, 0.4) is 0 Å². The van der Waals surface area contributed by atoms with Gasteiger partial charge in [-0.05, 0) is 25.0 Å². The number of halogens is 1. The van der Waals surface area contributed by atoms with Crippen LogP contribution in [0.1, 0.15) is 23.2 Å². The monoisotopic (exact) mass is 347 g/mol. The first kappa shape index (κ1) is 16.4. The van der Waals surface area contributed by atoms with Crippen LogP contribution in [0.5, 0.6) is 0 Å². The zero-order chi connectivity index (χ0) is 17.1. The average Bonchev–Trinajstić information content (AvgIpc) is 2.63. The molecule has 1 aliphatic rings. The second-order valence-corrected chi connectivity index (χ2v) is 6.13. The van der Waals surface area contributed by atoms with E-state index < -0.39 is 0 Å². The quantitative estimate of drug-likeness (QED) is 0.911. The van der Waals surface area contributed by atoms with E-state index in [0.29, 0.717) is 24.3 Å². The van der Waals surface area contributed by atoms with Crippen molar-refractivity contribution in [3.63, 3.8) is 0 Å². The Balaban J connectivity index is 1.61. The lowest BCUT2D eigenvalue weighted by Gasteiger charge is -2.33. The van der Waals surface area contributed by atoms with E-state index in [0.717, 1.165) is 12.8 Å². The molecule has 0 aliphatic carbocycles. The van der Waals surface area contributed by atoms with Crippen molar-refractivity contribution in [1.29, 1.82) is 0 Å². The lowest BCUT2D eigenvalue weighted by molar-refractivity contribution is 0.0718. The van der Waals surface area contributed by atoms with E-state index in [-0.39, 0.29) is 22.5 Å². The number of carbonyl (C=O) groups is 1. The number of piperidine rings is 1. The van der Waals surface area contributed by atoms with Crippen molar-refractivity contribution < 1.29 is 4.79 Å². The van der Waals surface area contributed by atoms with Crippen molar-refractivity contribution in [2.24, 2.45) is 7.05 Å². The van der Waals surface area contributed by atoms with Crippen LogP contribution in [0.2, 0.25) is 5.02 Å². The van der Waals surface area contributed by atoms with E-state index >= 15 is 0 Å². The Morgan fingerprint density at radius 2 is 1.96 bits per heavy atom. The second-order valence-electron chi connectivity index (χ2n) is 5.75. The van der Waals surface area contributed by atoms with Gasteiger partial charge in [-0.2, -0.15) is 5.10 Å². The standard InChI is InChI=1S/C16H18ClN5O2/c1-21-16(24)14(17)13(10-19-21)20-12-4-8-22(9-5-12)15(23)11-2-6-18-7-3-11/h2-3,6-7,10,12,20H,4-5,8-9H2,1H3. The summed E-state index contributed by atoms with van der Waals surface area (Å²) < 4.78 is 1.20. The summed E-state index contributed by atoms with van der Waals surface area (Å²) in [6.45, 7) is 1.30. The number of likely N-dealkylation sites (tertiary alicyclic amines) is 1. The van der Waals surface area contributed by atoms with Gasteiger partial charge in [0.1, 0.15) is 5.02 Å². The molecular weight excluding hydrogens is 330 g/mol. The van der Waals surface area contributed by atoms with Gasteiger partial charge < -0.3 is 10.2 Å². The van der Waals surface area contributed by atoms with Crippen LogP contribution in [0.4, 0.5) is 5.69 Å². The first-order chi connectivity index (χ1) is 11.6. The number of carbonyl (C=O) groups excluding carboxylic acids is 1. The van der Waals surface area contributed by atoms with Crippen molar-refractivity contribution in [2.75, 3.05) is 18.4 Å². The van der Waals surface area contributed by atoms with Gasteiger partial charge in [0, 0.05) is 44.1 Å². The van der Waals surface area contributed by atoms with Crippen LogP contribution in [-0.4, -0.2) is 44.7 Å². The van der Waals surface area contributed by atoms with E-state index in [1.54, 1.807) is 37.8 Å². The molecule has 1 fully saturated rings. The zero-order valence-corrected chi connectivity index (χ0v) is 14.0. The van der Waals surface area contributed by atoms with Crippen molar-refractivity contribution in [2.45, 2.75) is 18.9 Å². The van der Waals surface area contributed by atoms with Gasteiger partial charge in [0.2, 0.25) is 0 Å². The fourth-order valence-electron chi connectivity index (χ4n) is 2.74. The van der Waals surface area contributed by atoms with Crippen LogP contribution in [0, 0.1) is 0 Å². The lowest BCUT2D eigenvalue weighted by Crippen LogP contribution is -2.42.